The van der Waals surface area contributed by atoms with Crippen LogP contribution in [-0.2, 0) is 14.2 Å². The van der Waals surface area contributed by atoms with Crippen molar-refractivity contribution >= 4 is 13.1 Å². The monoisotopic (exact) mass is 212 g/mol. The van der Waals surface area contributed by atoms with Crippen LogP contribution in [0.4, 0.5) is 0 Å². The number of carbonyl (C=O) groups excluding carboxylic acids is 1. The van der Waals surface area contributed by atoms with Gasteiger partial charge in [0, 0.05) is 6.32 Å². The summed E-state index contributed by atoms with van der Waals surface area (Å²) in [6, 6.07) is 0. The highest BCUT2D eigenvalue weighted by molar-refractivity contribution is 6.43. The molecule has 15 heavy (non-hydrogen) atoms. The van der Waals surface area contributed by atoms with Crippen molar-refractivity contribution < 1.29 is 19.2 Å². The van der Waals surface area contributed by atoms with Gasteiger partial charge in [0.05, 0.1) is 12.5 Å². The van der Waals surface area contributed by atoms with Crippen molar-refractivity contribution in [3.8, 4) is 0 Å². The topological polar surface area (TPSA) is 55.8 Å². The van der Waals surface area contributed by atoms with E-state index in [1.807, 2.05) is 26.8 Å². The highest BCUT2D eigenvalue weighted by Gasteiger charge is 2.25. The molecule has 1 N–H and O–H groups in total. The normalized spacial score (nSPS) is 21.6. The zero-order valence-corrected chi connectivity index (χ0v) is 9.40. The maximum atomic E-state index is 11.4. The zero-order valence-electron chi connectivity index (χ0n) is 9.40. The molecule has 1 aliphatic rings. The highest BCUT2D eigenvalue weighted by atomic mass is 16.6. The molecule has 0 saturated heterocycles. The average Bonchev–Trinajstić information content (AvgIpc) is 1.99. The van der Waals surface area contributed by atoms with Gasteiger partial charge in [0.25, 0.3) is 0 Å². The lowest BCUT2D eigenvalue weighted by atomic mass is 9.82. The molecule has 0 radical (unpaired) electrons. The summed E-state index contributed by atoms with van der Waals surface area (Å²) in [7, 11) is -0.803. The predicted octanol–water partition coefficient (Wildman–Crippen LogP) is 1.15. The zero-order chi connectivity index (χ0) is 11.5. The van der Waals surface area contributed by atoms with Crippen molar-refractivity contribution in [3.05, 3.63) is 12.2 Å². The summed E-state index contributed by atoms with van der Waals surface area (Å²) in [6.45, 7) is 5.45. The molecule has 0 spiro atoms. The van der Waals surface area contributed by atoms with Crippen LogP contribution in [0.25, 0.3) is 0 Å². The quantitative estimate of drug-likeness (QED) is 0.423. The third-order valence-corrected chi connectivity index (χ3v) is 1.81. The molecular weight excluding hydrogens is 195 g/mol. The molecule has 0 saturated carbocycles. The van der Waals surface area contributed by atoms with Gasteiger partial charge in [-0.05, 0) is 20.8 Å². The Morgan fingerprint density at radius 3 is 2.87 bits per heavy atom. The molecule has 1 rings (SSSR count). The molecule has 4 nitrogen and oxygen atoms in total. The van der Waals surface area contributed by atoms with Gasteiger partial charge in [-0.1, -0.05) is 12.2 Å². The van der Waals surface area contributed by atoms with E-state index in [1.165, 1.54) is 0 Å². The molecule has 0 amide bonds. The molecule has 1 atom stereocenters. The fourth-order valence-electron chi connectivity index (χ4n) is 1.31. The Labute approximate surface area is 90.4 Å². The van der Waals surface area contributed by atoms with Gasteiger partial charge in [0.2, 0.25) is 0 Å². The van der Waals surface area contributed by atoms with Crippen LogP contribution in [0.5, 0.6) is 0 Å². The number of esters is 1. The summed E-state index contributed by atoms with van der Waals surface area (Å²) in [5.74, 6) is -0.314. The van der Waals surface area contributed by atoms with E-state index in [-0.39, 0.29) is 18.5 Å². The number of carbonyl (C=O) groups is 1. The first-order valence-electron chi connectivity index (χ1n) is 5.09. The molecule has 1 heterocycles. The summed E-state index contributed by atoms with van der Waals surface area (Å²) in [4.78, 5) is 11.4. The second-order valence-corrected chi connectivity index (χ2v) is 4.58. The Kier molecular flexibility index (Phi) is 3.93. The Hall–Kier alpha value is -0.805. The van der Waals surface area contributed by atoms with Gasteiger partial charge in [-0.2, -0.15) is 0 Å². The summed E-state index contributed by atoms with van der Waals surface area (Å²) < 4.78 is 10.3. The fraction of sp³-hybridized carbons (Fsp3) is 0.700. The van der Waals surface area contributed by atoms with Gasteiger partial charge in [-0.25, -0.2) is 0 Å². The number of rotatable bonds is 2. The maximum absolute atomic E-state index is 11.4. The Morgan fingerprint density at radius 1 is 1.67 bits per heavy atom. The molecule has 0 aromatic carbocycles. The summed E-state index contributed by atoms with van der Waals surface area (Å²) >= 11 is 0. The third kappa shape index (κ3) is 5.00. The number of allylic oxidation sites excluding steroid dienone is 1. The SMILES string of the molecule is CC(C)(C)OC(=O)C[C@H]1C=CCB(O)O1. The van der Waals surface area contributed by atoms with E-state index in [0.29, 0.717) is 6.32 Å². The first kappa shape index (κ1) is 12.3. The van der Waals surface area contributed by atoms with Crippen molar-refractivity contribution in [1.82, 2.24) is 0 Å². The summed E-state index contributed by atoms with van der Waals surface area (Å²) in [5.41, 5.74) is -0.478. The van der Waals surface area contributed by atoms with Crippen LogP contribution in [-0.4, -0.2) is 29.8 Å². The second-order valence-electron chi connectivity index (χ2n) is 4.58. The van der Waals surface area contributed by atoms with E-state index in [2.05, 4.69) is 0 Å². The van der Waals surface area contributed by atoms with Gasteiger partial charge in [0.15, 0.2) is 0 Å². The van der Waals surface area contributed by atoms with Gasteiger partial charge in [-0.3, -0.25) is 4.79 Å². The van der Waals surface area contributed by atoms with Crippen molar-refractivity contribution in [1.29, 1.82) is 0 Å². The predicted molar refractivity (Wildman–Crippen MR) is 57.3 cm³/mol. The molecule has 0 fully saturated rings. The number of hydrogen-bond donors (Lipinski definition) is 1. The van der Waals surface area contributed by atoms with Gasteiger partial charge in [0.1, 0.15) is 5.60 Å². The molecule has 0 bridgehead atoms. The van der Waals surface area contributed by atoms with Crippen LogP contribution in [0.15, 0.2) is 12.2 Å². The standard InChI is InChI=1S/C10H17BO4/c1-10(2,3)14-9(12)7-8-5-4-6-11(13)15-8/h4-5,8,13H,6-7H2,1-3H3/t8-/m1/s1. The van der Waals surface area contributed by atoms with Crippen LogP contribution >= 0.6 is 0 Å². The van der Waals surface area contributed by atoms with Crippen LogP contribution in [0, 0.1) is 0 Å². The minimum Gasteiger partial charge on any atom is -0.460 e. The smallest absolute Gasteiger partial charge is 0.458 e. The lowest BCUT2D eigenvalue weighted by molar-refractivity contribution is -0.156. The third-order valence-electron chi connectivity index (χ3n) is 1.81. The number of hydrogen-bond acceptors (Lipinski definition) is 4. The van der Waals surface area contributed by atoms with E-state index < -0.39 is 12.7 Å². The van der Waals surface area contributed by atoms with Crippen molar-refractivity contribution in [2.24, 2.45) is 0 Å². The van der Waals surface area contributed by atoms with Crippen LogP contribution < -0.4 is 0 Å². The molecule has 1 aliphatic heterocycles. The van der Waals surface area contributed by atoms with Gasteiger partial charge < -0.3 is 14.4 Å². The number of ether oxygens (including phenoxy) is 1. The largest absolute Gasteiger partial charge is 0.460 e. The lowest BCUT2D eigenvalue weighted by Crippen LogP contribution is -2.32. The van der Waals surface area contributed by atoms with E-state index >= 15 is 0 Å². The minimum atomic E-state index is -0.803. The average molecular weight is 212 g/mol. The Bertz CT molecular complexity index is 257. The first-order chi connectivity index (χ1) is 6.87. The van der Waals surface area contributed by atoms with Crippen molar-refractivity contribution in [2.45, 2.75) is 45.2 Å². The molecule has 84 valence electrons. The first-order valence-corrected chi connectivity index (χ1v) is 5.09. The van der Waals surface area contributed by atoms with Crippen LogP contribution in [0.1, 0.15) is 27.2 Å². The van der Waals surface area contributed by atoms with Gasteiger partial charge in [-0.15, -0.1) is 0 Å². The molecule has 0 unspecified atom stereocenters. The summed E-state index contributed by atoms with van der Waals surface area (Å²) in [5, 5.41) is 9.20. The Morgan fingerprint density at radius 2 is 2.33 bits per heavy atom. The second kappa shape index (κ2) is 4.81. The summed E-state index contributed by atoms with van der Waals surface area (Å²) in [6.07, 6.45) is 3.83. The molecule has 0 aromatic heterocycles. The molecule has 5 heteroatoms. The molecule has 0 aromatic rings. The van der Waals surface area contributed by atoms with E-state index in [0.717, 1.165) is 0 Å². The lowest BCUT2D eigenvalue weighted by Gasteiger charge is -2.23. The van der Waals surface area contributed by atoms with E-state index in [9.17, 15) is 9.82 Å². The van der Waals surface area contributed by atoms with Crippen molar-refractivity contribution in [3.63, 3.8) is 0 Å². The fourth-order valence-corrected chi connectivity index (χ4v) is 1.31. The van der Waals surface area contributed by atoms with Crippen LogP contribution in [0.2, 0.25) is 6.32 Å². The van der Waals surface area contributed by atoms with E-state index in [1.54, 1.807) is 6.08 Å². The van der Waals surface area contributed by atoms with Crippen LogP contribution in [0.3, 0.4) is 0 Å². The minimum absolute atomic E-state index is 0.144. The van der Waals surface area contributed by atoms with E-state index in [4.69, 9.17) is 9.39 Å². The van der Waals surface area contributed by atoms with Gasteiger partial charge >= 0.3 is 13.1 Å². The Balaban J connectivity index is 2.38. The highest BCUT2D eigenvalue weighted by Crippen LogP contribution is 2.14. The molecule has 0 aliphatic carbocycles. The maximum Gasteiger partial charge on any atom is 0.458 e. The van der Waals surface area contributed by atoms with Crippen molar-refractivity contribution in [2.75, 3.05) is 0 Å². The molecular formula is C10H17BO4.